The third-order valence-corrected chi connectivity index (χ3v) is 5.39. The molecular formula is C22H32N6O. The molecule has 0 saturated carbocycles. The fraction of sp³-hybridized carbons (Fsp3) is 0.500. The van der Waals surface area contributed by atoms with E-state index in [4.69, 9.17) is 5.73 Å². The highest BCUT2D eigenvalue weighted by molar-refractivity contribution is 5.94. The molecule has 0 bridgehead atoms. The van der Waals surface area contributed by atoms with Crippen molar-refractivity contribution in [2.45, 2.75) is 26.7 Å². The van der Waals surface area contributed by atoms with Gasteiger partial charge in [-0.2, -0.15) is 4.98 Å². The van der Waals surface area contributed by atoms with Gasteiger partial charge < -0.3 is 15.5 Å². The Labute approximate surface area is 173 Å². The van der Waals surface area contributed by atoms with Gasteiger partial charge in [-0.1, -0.05) is 17.2 Å². The maximum Gasteiger partial charge on any atom is 0.253 e. The molecule has 2 heterocycles. The summed E-state index contributed by atoms with van der Waals surface area (Å²) >= 11 is 0. The number of unbranched alkanes of at least 4 members (excludes halogenated alkanes) is 1. The van der Waals surface area contributed by atoms with Crippen molar-refractivity contribution in [3.8, 4) is 0 Å². The number of amides is 1. The molecule has 2 N–H and O–H groups in total. The number of rotatable bonds is 7. The second-order valence-electron chi connectivity index (χ2n) is 7.91. The topological polar surface area (TPSA) is 78.6 Å². The van der Waals surface area contributed by atoms with Crippen LogP contribution in [0.1, 0.15) is 34.3 Å². The van der Waals surface area contributed by atoms with Crippen LogP contribution < -0.4 is 10.6 Å². The van der Waals surface area contributed by atoms with Gasteiger partial charge in [-0.25, -0.2) is 4.98 Å². The Balaban J connectivity index is 1.37. The number of hydrogen-bond acceptors (Lipinski definition) is 6. The first-order chi connectivity index (χ1) is 13.9. The Morgan fingerprint density at radius 3 is 2.45 bits per heavy atom. The van der Waals surface area contributed by atoms with Crippen LogP contribution in [0.4, 0.5) is 11.8 Å². The molecule has 156 valence electrons. The summed E-state index contributed by atoms with van der Waals surface area (Å²) in [4.78, 5) is 27.5. The third-order valence-electron chi connectivity index (χ3n) is 5.39. The lowest BCUT2D eigenvalue weighted by Crippen LogP contribution is -2.47. The van der Waals surface area contributed by atoms with Gasteiger partial charge in [0.1, 0.15) is 5.82 Å². The summed E-state index contributed by atoms with van der Waals surface area (Å²) in [6.45, 7) is 9.83. The smallest absolute Gasteiger partial charge is 0.253 e. The lowest BCUT2D eigenvalue weighted by atomic mass is 10.1. The lowest BCUT2D eigenvalue weighted by molar-refractivity contribution is 0.0791. The molecule has 29 heavy (non-hydrogen) atoms. The zero-order valence-electron chi connectivity index (χ0n) is 17.8. The molecule has 1 aliphatic rings. The number of benzene rings is 1. The molecule has 3 rings (SSSR count). The Morgan fingerprint density at radius 2 is 1.79 bits per heavy atom. The van der Waals surface area contributed by atoms with Gasteiger partial charge in [-0.05, 0) is 51.4 Å². The minimum absolute atomic E-state index is 0.106. The Kier molecular flexibility index (Phi) is 7.04. The minimum atomic E-state index is 0.106. The summed E-state index contributed by atoms with van der Waals surface area (Å²) in [5, 5.41) is 0. The molecule has 0 aliphatic carbocycles. The number of nitrogens with two attached hydrogens (primary N) is 1. The fourth-order valence-electron chi connectivity index (χ4n) is 3.84. The monoisotopic (exact) mass is 396 g/mol. The quantitative estimate of drug-likeness (QED) is 0.724. The number of nitrogen functional groups attached to an aromatic ring is 1. The van der Waals surface area contributed by atoms with Crippen LogP contribution in [0.3, 0.4) is 0 Å². The van der Waals surface area contributed by atoms with E-state index in [-0.39, 0.29) is 5.91 Å². The van der Waals surface area contributed by atoms with Gasteiger partial charge in [-0.3, -0.25) is 9.69 Å². The fourth-order valence-corrected chi connectivity index (χ4v) is 3.84. The van der Waals surface area contributed by atoms with Gasteiger partial charge in [-0.15, -0.1) is 0 Å². The van der Waals surface area contributed by atoms with Crippen LogP contribution in [0.15, 0.2) is 30.5 Å². The second kappa shape index (κ2) is 9.69. The van der Waals surface area contributed by atoms with Crippen molar-refractivity contribution in [1.82, 2.24) is 19.8 Å². The molecule has 0 radical (unpaired) electrons. The van der Waals surface area contributed by atoms with E-state index in [1.165, 1.54) is 0 Å². The average molecular weight is 397 g/mol. The standard InChI is InChI=1S/C22H32N6O/c1-17-14-18(2)16-19(15-17)21(29)26(3)8-4-5-9-27-10-12-28(13-11-27)20-6-7-24-22(23)25-20/h6-7,14-16H,4-5,8-13H2,1-3H3,(H2,23,24,25). The maximum absolute atomic E-state index is 12.6. The average Bonchev–Trinajstić information content (AvgIpc) is 2.70. The summed E-state index contributed by atoms with van der Waals surface area (Å²) in [5.74, 6) is 1.34. The van der Waals surface area contributed by atoms with Gasteiger partial charge in [0, 0.05) is 51.5 Å². The van der Waals surface area contributed by atoms with Crippen LogP contribution in [0.25, 0.3) is 0 Å². The van der Waals surface area contributed by atoms with Crippen molar-refractivity contribution < 1.29 is 4.79 Å². The number of nitrogens with zero attached hydrogens (tertiary/aromatic N) is 5. The first-order valence-corrected chi connectivity index (χ1v) is 10.3. The molecule has 1 saturated heterocycles. The number of hydrogen-bond donors (Lipinski definition) is 1. The molecule has 0 atom stereocenters. The van der Waals surface area contributed by atoms with E-state index in [1.807, 2.05) is 44.0 Å². The van der Waals surface area contributed by atoms with Crippen LogP contribution in [0.5, 0.6) is 0 Å². The van der Waals surface area contributed by atoms with Crippen molar-refractivity contribution in [3.63, 3.8) is 0 Å². The van der Waals surface area contributed by atoms with Crippen molar-refractivity contribution in [1.29, 1.82) is 0 Å². The molecule has 7 heteroatoms. The van der Waals surface area contributed by atoms with Crippen LogP contribution >= 0.6 is 0 Å². The SMILES string of the molecule is Cc1cc(C)cc(C(=O)N(C)CCCCN2CCN(c3ccnc(N)n3)CC2)c1. The lowest BCUT2D eigenvalue weighted by Gasteiger charge is -2.35. The molecule has 7 nitrogen and oxygen atoms in total. The van der Waals surface area contributed by atoms with E-state index in [1.54, 1.807) is 6.20 Å². The van der Waals surface area contributed by atoms with E-state index < -0.39 is 0 Å². The predicted octanol–water partition coefficient (Wildman–Crippen LogP) is 2.35. The van der Waals surface area contributed by atoms with E-state index >= 15 is 0 Å². The number of piperazine rings is 1. The molecule has 1 aliphatic heterocycles. The number of carbonyl (C=O) groups is 1. The van der Waals surface area contributed by atoms with Gasteiger partial charge >= 0.3 is 0 Å². The predicted molar refractivity (Wildman–Crippen MR) is 117 cm³/mol. The zero-order valence-corrected chi connectivity index (χ0v) is 17.8. The van der Waals surface area contributed by atoms with Crippen molar-refractivity contribution >= 4 is 17.7 Å². The number of anilines is 2. The van der Waals surface area contributed by atoms with Crippen LogP contribution in [0, 0.1) is 13.8 Å². The van der Waals surface area contributed by atoms with Gasteiger partial charge in [0.25, 0.3) is 5.91 Å². The maximum atomic E-state index is 12.6. The zero-order chi connectivity index (χ0) is 20.8. The normalized spacial score (nSPS) is 14.8. The molecule has 0 spiro atoms. The molecule has 1 amide bonds. The molecule has 2 aromatic rings. The molecule has 1 fully saturated rings. The summed E-state index contributed by atoms with van der Waals surface area (Å²) in [7, 11) is 1.90. The first-order valence-electron chi connectivity index (χ1n) is 10.3. The van der Waals surface area contributed by atoms with Gasteiger partial charge in [0.15, 0.2) is 0 Å². The van der Waals surface area contributed by atoms with Crippen molar-refractivity contribution in [2.75, 3.05) is 56.9 Å². The number of aryl methyl sites for hydroxylation is 2. The molecular weight excluding hydrogens is 364 g/mol. The highest BCUT2D eigenvalue weighted by Crippen LogP contribution is 2.14. The minimum Gasteiger partial charge on any atom is -0.368 e. The van der Waals surface area contributed by atoms with Crippen molar-refractivity contribution in [3.05, 3.63) is 47.2 Å². The van der Waals surface area contributed by atoms with Gasteiger partial charge in [0.05, 0.1) is 0 Å². The summed E-state index contributed by atoms with van der Waals surface area (Å²) in [5.41, 5.74) is 8.73. The van der Waals surface area contributed by atoms with Crippen LogP contribution in [0.2, 0.25) is 0 Å². The Hall–Kier alpha value is -2.67. The largest absolute Gasteiger partial charge is 0.368 e. The number of carbonyl (C=O) groups excluding carboxylic acids is 1. The first kappa shape index (κ1) is 21.0. The van der Waals surface area contributed by atoms with Crippen LogP contribution in [-0.2, 0) is 0 Å². The highest BCUT2D eigenvalue weighted by Gasteiger charge is 2.18. The Bertz CT molecular complexity index is 812. The summed E-state index contributed by atoms with van der Waals surface area (Å²) in [6.07, 6.45) is 3.81. The molecule has 1 aromatic carbocycles. The number of aromatic nitrogens is 2. The third kappa shape index (κ3) is 5.90. The molecule has 0 unspecified atom stereocenters. The van der Waals surface area contributed by atoms with Crippen molar-refractivity contribution in [2.24, 2.45) is 0 Å². The Morgan fingerprint density at radius 1 is 1.10 bits per heavy atom. The van der Waals surface area contributed by atoms with E-state index in [9.17, 15) is 4.79 Å². The molecule has 1 aromatic heterocycles. The van der Waals surface area contributed by atoms with E-state index in [0.29, 0.717) is 5.95 Å². The van der Waals surface area contributed by atoms with E-state index in [2.05, 4.69) is 25.8 Å². The second-order valence-corrected chi connectivity index (χ2v) is 7.91. The highest BCUT2D eigenvalue weighted by atomic mass is 16.2. The van der Waals surface area contributed by atoms with E-state index in [0.717, 1.165) is 74.6 Å². The summed E-state index contributed by atoms with van der Waals surface area (Å²) < 4.78 is 0. The van der Waals surface area contributed by atoms with Gasteiger partial charge in [0.2, 0.25) is 5.95 Å². The summed E-state index contributed by atoms with van der Waals surface area (Å²) in [6, 6.07) is 7.94. The van der Waals surface area contributed by atoms with Crippen LogP contribution in [-0.4, -0.2) is 72.0 Å².